The van der Waals surface area contributed by atoms with Crippen LogP contribution in [0.4, 0.5) is 5.69 Å². The van der Waals surface area contributed by atoms with E-state index in [1.165, 1.54) is 0 Å². The van der Waals surface area contributed by atoms with Crippen LogP contribution in [-0.4, -0.2) is 17.9 Å². The van der Waals surface area contributed by atoms with Crippen LogP contribution < -0.4 is 9.47 Å². The number of aromatic nitrogens is 2. The number of amides is 1. The fourth-order valence-corrected chi connectivity index (χ4v) is 1.54. The Bertz CT molecular complexity index is 490. The lowest BCUT2D eigenvalue weighted by Gasteiger charge is -2.14. The minimum Gasteiger partial charge on any atom is -0.305 e. The van der Waals surface area contributed by atoms with Crippen molar-refractivity contribution >= 4 is 11.6 Å². The van der Waals surface area contributed by atoms with Gasteiger partial charge in [-0.2, -0.15) is 0 Å². The third-order valence-corrected chi connectivity index (χ3v) is 2.52. The molecule has 16 heavy (non-hydrogen) atoms. The first-order valence-electron chi connectivity index (χ1n) is 5.06. The molecule has 4 nitrogen and oxygen atoms in total. The maximum atomic E-state index is 12.1. The van der Waals surface area contributed by atoms with Crippen LogP contribution in [0.5, 0.6) is 0 Å². The minimum atomic E-state index is -0.0568. The van der Waals surface area contributed by atoms with Gasteiger partial charge < -0.3 is 4.90 Å². The zero-order chi connectivity index (χ0) is 11.5. The maximum absolute atomic E-state index is 12.1. The van der Waals surface area contributed by atoms with Crippen LogP contribution in [0.3, 0.4) is 0 Å². The molecule has 2 aromatic rings. The molecule has 0 atom stereocenters. The van der Waals surface area contributed by atoms with Gasteiger partial charge >= 0.3 is 11.7 Å². The van der Waals surface area contributed by atoms with E-state index in [1.807, 2.05) is 43.6 Å². The molecule has 0 bridgehead atoms. The van der Waals surface area contributed by atoms with Crippen molar-refractivity contribution in [1.82, 2.24) is 4.98 Å². The van der Waals surface area contributed by atoms with Gasteiger partial charge in [-0.05, 0) is 12.1 Å². The first-order valence-corrected chi connectivity index (χ1v) is 5.06. The fourth-order valence-electron chi connectivity index (χ4n) is 1.54. The zero-order valence-corrected chi connectivity index (χ0v) is 9.34. The summed E-state index contributed by atoms with van der Waals surface area (Å²) in [5.41, 5.74) is 0.877. The highest BCUT2D eigenvalue weighted by Gasteiger charge is 2.22. The van der Waals surface area contributed by atoms with E-state index in [4.69, 9.17) is 0 Å². The predicted octanol–water partition coefficient (Wildman–Crippen LogP) is 1.12. The highest BCUT2D eigenvalue weighted by Crippen LogP contribution is 2.12. The number of aromatic amines is 1. The van der Waals surface area contributed by atoms with Crippen LogP contribution in [-0.2, 0) is 7.05 Å². The van der Waals surface area contributed by atoms with E-state index in [-0.39, 0.29) is 5.91 Å². The van der Waals surface area contributed by atoms with Gasteiger partial charge in [0.15, 0.2) is 0 Å². The number of imidazole rings is 1. The third-order valence-electron chi connectivity index (χ3n) is 2.52. The molecule has 0 aliphatic rings. The Kier molecular flexibility index (Phi) is 2.72. The maximum Gasteiger partial charge on any atom is 0.346 e. The van der Waals surface area contributed by atoms with Crippen LogP contribution in [0.15, 0.2) is 42.7 Å². The van der Waals surface area contributed by atoms with E-state index >= 15 is 0 Å². The Hall–Kier alpha value is -2.10. The molecule has 0 spiro atoms. The molecule has 0 aliphatic carbocycles. The molecule has 2 rings (SSSR count). The molecule has 1 aromatic heterocycles. The standard InChI is InChI=1S/C12H13N3O/c1-14-9-8-13-11(14)12(16)15(2)10-6-4-3-5-7-10/h3-9H,1-2H3/p+1. The second-order valence-corrected chi connectivity index (χ2v) is 3.62. The molecule has 0 radical (unpaired) electrons. The molecule has 1 heterocycles. The Morgan fingerprint density at radius 1 is 1.31 bits per heavy atom. The van der Waals surface area contributed by atoms with Gasteiger partial charge in [0, 0.05) is 12.7 Å². The van der Waals surface area contributed by atoms with Crippen LogP contribution in [0.2, 0.25) is 0 Å². The van der Waals surface area contributed by atoms with E-state index in [1.54, 1.807) is 22.7 Å². The monoisotopic (exact) mass is 216 g/mol. The molecule has 82 valence electrons. The summed E-state index contributed by atoms with van der Waals surface area (Å²) in [5, 5.41) is 0. The highest BCUT2D eigenvalue weighted by atomic mass is 16.2. The van der Waals surface area contributed by atoms with Gasteiger partial charge in [-0.3, -0.25) is 4.79 Å². The topological polar surface area (TPSA) is 40.0 Å². The Balaban J connectivity index is 2.27. The number of hydrogen-bond donors (Lipinski definition) is 1. The molecular formula is C12H14N3O+. The molecule has 0 saturated carbocycles. The number of carbonyl (C=O) groups excluding carboxylic acids is 1. The number of benzene rings is 1. The number of H-pyrrole nitrogens is 1. The van der Waals surface area contributed by atoms with E-state index in [0.717, 1.165) is 5.69 Å². The normalized spacial score (nSPS) is 10.1. The zero-order valence-electron chi connectivity index (χ0n) is 9.34. The van der Waals surface area contributed by atoms with Gasteiger partial charge in [-0.15, -0.1) is 0 Å². The number of hydrogen-bond acceptors (Lipinski definition) is 1. The molecule has 0 saturated heterocycles. The van der Waals surface area contributed by atoms with Crippen molar-refractivity contribution in [2.45, 2.75) is 0 Å². The summed E-state index contributed by atoms with van der Waals surface area (Å²) in [4.78, 5) is 16.6. The summed E-state index contributed by atoms with van der Waals surface area (Å²) in [5.74, 6) is 0.505. The molecule has 0 unspecified atom stereocenters. The fraction of sp³-hybridized carbons (Fsp3) is 0.167. The SMILES string of the molecule is CN(C(=O)c1[nH]cc[n+]1C)c1ccccc1. The van der Waals surface area contributed by atoms with Crippen LogP contribution >= 0.6 is 0 Å². The Morgan fingerprint density at radius 2 is 2.00 bits per heavy atom. The first kappa shape index (κ1) is 10.4. The summed E-state index contributed by atoms with van der Waals surface area (Å²) in [6, 6.07) is 9.56. The van der Waals surface area contributed by atoms with Crippen molar-refractivity contribution in [3.05, 3.63) is 48.5 Å². The smallest absolute Gasteiger partial charge is 0.305 e. The summed E-state index contributed by atoms with van der Waals surface area (Å²) in [6.07, 6.45) is 3.55. The van der Waals surface area contributed by atoms with Crippen molar-refractivity contribution in [2.24, 2.45) is 7.05 Å². The van der Waals surface area contributed by atoms with Crippen LogP contribution in [0.25, 0.3) is 0 Å². The average Bonchev–Trinajstić information content (AvgIpc) is 2.75. The Labute approximate surface area is 94.1 Å². The van der Waals surface area contributed by atoms with Gasteiger partial charge in [0.2, 0.25) is 0 Å². The van der Waals surface area contributed by atoms with Crippen molar-refractivity contribution in [3.8, 4) is 0 Å². The number of carbonyl (C=O) groups is 1. The lowest BCUT2D eigenvalue weighted by atomic mass is 10.3. The van der Waals surface area contributed by atoms with E-state index in [2.05, 4.69) is 4.98 Å². The van der Waals surface area contributed by atoms with E-state index in [0.29, 0.717) is 5.82 Å². The number of anilines is 1. The number of aryl methyl sites for hydroxylation is 1. The summed E-state index contributed by atoms with van der Waals surface area (Å²) in [7, 11) is 3.60. The number of para-hydroxylation sites is 1. The van der Waals surface area contributed by atoms with E-state index in [9.17, 15) is 4.79 Å². The summed E-state index contributed by atoms with van der Waals surface area (Å²) < 4.78 is 1.77. The van der Waals surface area contributed by atoms with Gasteiger partial charge in [0.1, 0.15) is 12.4 Å². The second-order valence-electron chi connectivity index (χ2n) is 3.62. The van der Waals surface area contributed by atoms with Gasteiger partial charge in [0.05, 0.1) is 7.05 Å². The summed E-state index contributed by atoms with van der Waals surface area (Å²) in [6.45, 7) is 0. The lowest BCUT2D eigenvalue weighted by Crippen LogP contribution is -2.39. The van der Waals surface area contributed by atoms with Gasteiger partial charge in [-0.25, -0.2) is 9.55 Å². The Morgan fingerprint density at radius 3 is 2.56 bits per heavy atom. The molecule has 4 heteroatoms. The molecule has 0 aliphatic heterocycles. The van der Waals surface area contributed by atoms with Gasteiger partial charge in [-0.1, -0.05) is 18.2 Å². The van der Waals surface area contributed by atoms with Crippen molar-refractivity contribution in [1.29, 1.82) is 0 Å². The number of rotatable bonds is 2. The van der Waals surface area contributed by atoms with Crippen molar-refractivity contribution in [3.63, 3.8) is 0 Å². The molecule has 1 aromatic carbocycles. The van der Waals surface area contributed by atoms with Crippen LogP contribution in [0, 0.1) is 0 Å². The average molecular weight is 216 g/mol. The van der Waals surface area contributed by atoms with E-state index < -0.39 is 0 Å². The van der Waals surface area contributed by atoms with Gasteiger partial charge in [0.25, 0.3) is 0 Å². The van der Waals surface area contributed by atoms with Crippen molar-refractivity contribution in [2.75, 3.05) is 11.9 Å². The van der Waals surface area contributed by atoms with Crippen LogP contribution in [0.1, 0.15) is 10.6 Å². The largest absolute Gasteiger partial charge is 0.346 e. The third kappa shape index (κ3) is 1.82. The molecule has 1 amide bonds. The predicted molar refractivity (Wildman–Crippen MR) is 61.1 cm³/mol. The minimum absolute atomic E-state index is 0.0568. The molecule has 1 N–H and O–H groups in total. The quantitative estimate of drug-likeness (QED) is 0.751. The molecular weight excluding hydrogens is 202 g/mol. The number of nitrogens with one attached hydrogen (secondary N) is 1. The number of nitrogens with zero attached hydrogens (tertiary/aromatic N) is 2. The molecule has 0 fully saturated rings. The summed E-state index contributed by atoms with van der Waals surface area (Å²) >= 11 is 0. The van der Waals surface area contributed by atoms with Crippen molar-refractivity contribution < 1.29 is 9.36 Å². The highest BCUT2D eigenvalue weighted by molar-refractivity contribution is 6.02. The lowest BCUT2D eigenvalue weighted by molar-refractivity contribution is -0.672. The first-order chi connectivity index (χ1) is 7.70. The second kappa shape index (κ2) is 4.18.